The van der Waals surface area contributed by atoms with Gasteiger partial charge in [0.05, 0.1) is 31.0 Å². The number of nitrogens with zero attached hydrogens (tertiary/aromatic N) is 1. The van der Waals surface area contributed by atoms with E-state index in [-0.39, 0.29) is 5.02 Å². The van der Waals surface area contributed by atoms with Crippen molar-refractivity contribution in [3.8, 4) is 5.88 Å². The van der Waals surface area contributed by atoms with Gasteiger partial charge in [0.25, 0.3) is 0 Å². The van der Waals surface area contributed by atoms with Crippen LogP contribution in [0.15, 0.2) is 6.20 Å². The van der Waals surface area contributed by atoms with Gasteiger partial charge >= 0.3 is 5.97 Å². The molecule has 5 heteroatoms. The maximum atomic E-state index is 11.3. The highest BCUT2D eigenvalue weighted by Gasteiger charge is 2.17. The second-order valence-electron chi connectivity index (χ2n) is 2.61. The van der Waals surface area contributed by atoms with E-state index in [0.29, 0.717) is 17.0 Å². The summed E-state index contributed by atoms with van der Waals surface area (Å²) in [6.07, 6.45) is 1.36. The summed E-state index contributed by atoms with van der Waals surface area (Å²) in [6.45, 7) is 1.70. The molecule has 1 aromatic heterocycles. The molecule has 0 bridgehead atoms. The van der Waals surface area contributed by atoms with Crippen LogP contribution in [0, 0.1) is 6.92 Å². The highest BCUT2D eigenvalue weighted by molar-refractivity contribution is 6.33. The molecule has 0 unspecified atom stereocenters. The maximum absolute atomic E-state index is 11.3. The normalized spacial score (nSPS) is 9.71. The fourth-order valence-electron chi connectivity index (χ4n) is 1.12. The van der Waals surface area contributed by atoms with Crippen molar-refractivity contribution in [2.75, 3.05) is 14.2 Å². The Balaban J connectivity index is 3.32. The first-order chi connectivity index (χ1) is 6.61. The van der Waals surface area contributed by atoms with Crippen LogP contribution in [0.25, 0.3) is 0 Å². The van der Waals surface area contributed by atoms with Crippen molar-refractivity contribution in [2.24, 2.45) is 0 Å². The first-order valence-corrected chi connectivity index (χ1v) is 4.27. The molecule has 76 valence electrons. The molecule has 0 aliphatic rings. The Labute approximate surface area is 86.8 Å². The average molecular weight is 216 g/mol. The fraction of sp³-hybridized carbons (Fsp3) is 0.333. The number of carbonyl (C=O) groups excluding carboxylic acids is 1. The summed E-state index contributed by atoms with van der Waals surface area (Å²) < 4.78 is 9.55. The van der Waals surface area contributed by atoms with Gasteiger partial charge in [-0.2, -0.15) is 0 Å². The van der Waals surface area contributed by atoms with E-state index in [4.69, 9.17) is 16.3 Å². The van der Waals surface area contributed by atoms with Crippen LogP contribution in [-0.4, -0.2) is 25.2 Å². The zero-order chi connectivity index (χ0) is 10.7. The summed E-state index contributed by atoms with van der Waals surface area (Å²) in [5.41, 5.74) is 0.868. The van der Waals surface area contributed by atoms with Crippen LogP contribution in [-0.2, 0) is 4.74 Å². The van der Waals surface area contributed by atoms with Crippen LogP contribution in [0.5, 0.6) is 5.88 Å². The number of rotatable bonds is 2. The molecule has 1 rings (SSSR count). The minimum atomic E-state index is -0.492. The number of hydrogen-bond donors (Lipinski definition) is 0. The van der Waals surface area contributed by atoms with Crippen LogP contribution >= 0.6 is 11.6 Å². The monoisotopic (exact) mass is 215 g/mol. The highest BCUT2D eigenvalue weighted by Crippen LogP contribution is 2.25. The standard InChI is InChI=1S/C9H10ClNO3/c1-5-7(9(12)14-3)6(10)4-11-8(5)13-2/h4H,1-3H3. The number of halogens is 1. The topological polar surface area (TPSA) is 48.4 Å². The van der Waals surface area contributed by atoms with Crippen molar-refractivity contribution in [1.29, 1.82) is 0 Å². The molecular weight excluding hydrogens is 206 g/mol. The van der Waals surface area contributed by atoms with Gasteiger partial charge in [-0.3, -0.25) is 0 Å². The van der Waals surface area contributed by atoms with Gasteiger partial charge < -0.3 is 9.47 Å². The Morgan fingerprint density at radius 1 is 1.50 bits per heavy atom. The third-order valence-electron chi connectivity index (χ3n) is 1.81. The predicted octanol–water partition coefficient (Wildman–Crippen LogP) is 1.84. The number of pyridine rings is 1. The molecule has 0 aliphatic carbocycles. The molecule has 0 spiro atoms. The van der Waals surface area contributed by atoms with Crippen LogP contribution < -0.4 is 4.74 Å². The van der Waals surface area contributed by atoms with Gasteiger partial charge in [0, 0.05) is 5.56 Å². The Hall–Kier alpha value is -1.29. The van der Waals surface area contributed by atoms with Gasteiger partial charge in [-0.05, 0) is 6.92 Å². The maximum Gasteiger partial charge on any atom is 0.339 e. The largest absolute Gasteiger partial charge is 0.481 e. The quantitative estimate of drug-likeness (QED) is 0.707. The van der Waals surface area contributed by atoms with Crippen molar-refractivity contribution in [2.45, 2.75) is 6.92 Å². The van der Waals surface area contributed by atoms with Crippen LogP contribution in [0.2, 0.25) is 5.02 Å². The molecule has 0 atom stereocenters. The lowest BCUT2D eigenvalue weighted by Gasteiger charge is -2.08. The minimum Gasteiger partial charge on any atom is -0.481 e. The van der Waals surface area contributed by atoms with Crippen molar-refractivity contribution >= 4 is 17.6 Å². The summed E-state index contributed by atoms with van der Waals surface area (Å²) >= 11 is 5.81. The third-order valence-corrected chi connectivity index (χ3v) is 2.10. The third kappa shape index (κ3) is 1.80. The number of esters is 1. The van der Waals surface area contributed by atoms with E-state index in [1.54, 1.807) is 6.92 Å². The summed E-state index contributed by atoms with van der Waals surface area (Å²) in [6, 6.07) is 0. The van der Waals surface area contributed by atoms with Crippen LogP contribution in [0.4, 0.5) is 0 Å². The van der Waals surface area contributed by atoms with Crippen molar-refractivity contribution < 1.29 is 14.3 Å². The lowest BCUT2D eigenvalue weighted by Crippen LogP contribution is -2.07. The number of ether oxygens (including phenoxy) is 2. The Bertz CT molecular complexity index is 365. The highest BCUT2D eigenvalue weighted by atomic mass is 35.5. The lowest BCUT2D eigenvalue weighted by molar-refractivity contribution is 0.0599. The Kier molecular flexibility index (Phi) is 3.30. The molecule has 0 aliphatic heterocycles. The summed E-state index contributed by atoms with van der Waals surface area (Å²) in [5, 5.41) is 0.259. The zero-order valence-electron chi connectivity index (χ0n) is 8.13. The van der Waals surface area contributed by atoms with Crippen LogP contribution in [0.1, 0.15) is 15.9 Å². The molecule has 0 N–H and O–H groups in total. The number of methoxy groups -OCH3 is 2. The van der Waals surface area contributed by atoms with Gasteiger partial charge in [0.1, 0.15) is 0 Å². The number of hydrogen-bond acceptors (Lipinski definition) is 4. The van der Waals surface area contributed by atoms with Crippen molar-refractivity contribution in [3.05, 3.63) is 22.3 Å². The molecule has 14 heavy (non-hydrogen) atoms. The second-order valence-corrected chi connectivity index (χ2v) is 3.01. The van der Waals surface area contributed by atoms with E-state index in [2.05, 4.69) is 9.72 Å². The molecule has 1 heterocycles. The number of aromatic nitrogens is 1. The molecule has 4 nitrogen and oxygen atoms in total. The van der Waals surface area contributed by atoms with Gasteiger partial charge in [0.2, 0.25) is 5.88 Å². The average Bonchev–Trinajstić information content (AvgIpc) is 2.18. The SMILES string of the molecule is COC(=O)c1c(Cl)cnc(OC)c1C. The molecule has 0 saturated carbocycles. The molecule has 0 saturated heterocycles. The van der Waals surface area contributed by atoms with Gasteiger partial charge in [0.15, 0.2) is 0 Å². The molecule has 0 fully saturated rings. The molecule has 0 amide bonds. The van der Waals surface area contributed by atoms with E-state index in [1.807, 2.05) is 0 Å². The first-order valence-electron chi connectivity index (χ1n) is 3.89. The van der Waals surface area contributed by atoms with E-state index < -0.39 is 5.97 Å². The van der Waals surface area contributed by atoms with Crippen molar-refractivity contribution in [1.82, 2.24) is 4.98 Å². The lowest BCUT2D eigenvalue weighted by atomic mass is 10.1. The zero-order valence-corrected chi connectivity index (χ0v) is 8.88. The predicted molar refractivity (Wildman–Crippen MR) is 51.9 cm³/mol. The summed E-state index contributed by atoms with van der Waals surface area (Å²) in [5.74, 6) is -0.122. The molecule has 0 aromatic carbocycles. The first kappa shape index (κ1) is 10.8. The van der Waals surface area contributed by atoms with Crippen LogP contribution in [0.3, 0.4) is 0 Å². The van der Waals surface area contributed by atoms with Crippen molar-refractivity contribution in [3.63, 3.8) is 0 Å². The molecule has 0 radical (unpaired) electrons. The minimum absolute atomic E-state index is 0.259. The van der Waals surface area contributed by atoms with Gasteiger partial charge in [-0.25, -0.2) is 9.78 Å². The molecule has 1 aromatic rings. The van der Waals surface area contributed by atoms with Gasteiger partial charge in [-0.1, -0.05) is 11.6 Å². The van der Waals surface area contributed by atoms with E-state index in [0.717, 1.165) is 0 Å². The van der Waals surface area contributed by atoms with E-state index >= 15 is 0 Å². The van der Waals surface area contributed by atoms with E-state index in [9.17, 15) is 4.79 Å². The Morgan fingerprint density at radius 2 is 2.14 bits per heavy atom. The molecular formula is C9H10ClNO3. The summed E-state index contributed by atoms with van der Waals surface area (Å²) in [7, 11) is 2.77. The summed E-state index contributed by atoms with van der Waals surface area (Å²) in [4.78, 5) is 15.2. The fourth-order valence-corrected chi connectivity index (χ4v) is 1.39. The van der Waals surface area contributed by atoms with E-state index in [1.165, 1.54) is 20.4 Å². The van der Waals surface area contributed by atoms with Gasteiger partial charge in [-0.15, -0.1) is 0 Å². The number of carbonyl (C=O) groups is 1. The second kappa shape index (κ2) is 4.28. The smallest absolute Gasteiger partial charge is 0.339 e. The Morgan fingerprint density at radius 3 is 2.64 bits per heavy atom.